The van der Waals surface area contributed by atoms with E-state index in [9.17, 15) is 9.90 Å². The van der Waals surface area contributed by atoms with Gasteiger partial charge in [0.05, 0.1) is 6.10 Å². The number of aliphatic hydroxyl groups is 1. The van der Waals surface area contributed by atoms with Gasteiger partial charge in [-0.15, -0.1) is 0 Å². The zero-order chi connectivity index (χ0) is 8.27. The summed E-state index contributed by atoms with van der Waals surface area (Å²) in [6.07, 6.45) is 3.13. The predicted octanol–water partition coefficient (Wildman–Crippen LogP) is 0.283. The lowest BCUT2D eigenvalue weighted by Gasteiger charge is -2.24. The van der Waals surface area contributed by atoms with E-state index in [1.165, 1.54) is 0 Å². The summed E-state index contributed by atoms with van der Waals surface area (Å²) in [4.78, 5) is 11.1. The van der Waals surface area contributed by atoms with Gasteiger partial charge in [0.1, 0.15) is 0 Å². The van der Waals surface area contributed by atoms with Crippen LogP contribution in [-0.2, 0) is 4.79 Å². The first-order valence-electron chi connectivity index (χ1n) is 4.13. The lowest BCUT2D eigenvalue weighted by Crippen LogP contribution is -2.32. The van der Waals surface area contributed by atoms with Gasteiger partial charge >= 0.3 is 0 Å². The Morgan fingerprint density at radius 3 is 2.82 bits per heavy atom. The van der Waals surface area contributed by atoms with Gasteiger partial charge in [0, 0.05) is 13.0 Å². The number of carbonyl (C=O) groups excluding carboxylic acids is 1. The van der Waals surface area contributed by atoms with Crippen LogP contribution in [0.5, 0.6) is 0 Å². The van der Waals surface area contributed by atoms with Crippen LogP contribution in [0.3, 0.4) is 0 Å². The number of carbonyl (C=O) groups is 1. The maximum Gasteiger partial charge on any atom is 0.222 e. The number of aliphatic hydroxyl groups excluding tert-OH is 1. The monoisotopic (exact) mass is 157 g/mol. The molecule has 3 nitrogen and oxygen atoms in total. The number of amides is 1. The van der Waals surface area contributed by atoms with Crippen LogP contribution in [0.4, 0.5) is 0 Å². The number of hydrogen-bond donors (Lipinski definition) is 2. The normalized spacial score (nSPS) is 31.5. The Hall–Kier alpha value is -0.570. The third kappa shape index (κ3) is 2.19. The third-order valence-corrected chi connectivity index (χ3v) is 2.26. The highest BCUT2D eigenvalue weighted by molar-refractivity contribution is 5.78. The van der Waals surface area contributed by atoms with Crippen molar-refractivity contribution in [3.63, 3.8) is 0 Å². The minimum atomic E-state index is -0.258. The molecule has 2 N–H and O–H groups in total. The smallest absolute Gasteiger partial charge is 0.222 e. The first kappa shape index (κ1) is 8.53. The van der Waals surface area contributed by atoms with Crippen LogP contribution in [0.15, 0.2) is 0 Å². The Bertz CT molecular complexity index is 147. The van der Waals surface area contributed by atoms with Gasteiger partial charge in [-0.05, 0) is 19.3 Å². The van der Waals surface area contributed by atoms with Crippen LogP contribution in [0.25, 0.3) is 0 Å². The van der Waals surface area contributed by atoms with Crippen molar-refractivity contribution in [3.8, 4) is 0 Å². The van der Waals surface area contributed by atoms with Gasteiger partial charge in [0.2, 0.25) is 5.91 Å². The van der Waals surface area contributed by atoms with Crippen LogP contribution in [0, 0.1) is 5.92 Å². The van der Waals surface area contributed by atoms with Crippen molar-refractivity contribution in [2.75, 3.05) is 7.05 Å². The molecule has 0 heterocycles. The average molecular weight is 157 g/mol. The molecule has 1 aliphatic rings. The summed E-state index contributed by atoms with van der Waals surface area (Å²) in [5.74, 6) is 0.118. The molecule has 1 fully saturated rings. The van der Waals surface area contributed by atoms with Gasteiger partial charge in [0.25, 0.3) is 0 Å². The molecule has 0 aromatic carbocycles. The van der Waals surface area contributed by atoms with Crippen molar-refractivity contribution in [2.24, 2.45) is 5.92 Å². The zero-order valence-electron chi connectivity index (χ0n) is 6.84. The lowest BCUT2D eigenvalue weighted by molar-refractivity contribution is -0.126. The second kappa shape index (κ2) is 3.72. The number of hydrogen-bond acceptors (Lipinski definition) is 2. The summed E-state index contributed by atoms with van der Waals surface area (Å²) in [7, 11) is 1.64. The standard InChI is InChI=1S/C8H15NO2/c1-9-8(11)6-3-2-4-7(10)5-6/h6-7,10H,2-5H2,1H3,(H,9,11). The lowest BCUT2D eigenvalue weighted by atomic mass is 9.87. The topological polar surface area (TPSA) is 49.3 Å². The minimum absolute atomic E-state index is 0.0451. The summed E-state index contributed by atoms with van der Waals surface area (Å²) in [6.45, 7) is 0. The third-order valence-electron chi connectivity index (χ3n) is 2.26. The molecular formula is C8H15NO2. The first-order chi connectivity index (χ1) is 5.24. The van der Waals surface area contributed by atoms with Gasteiger partial charge in [-0.2, -0.15) is 0 Å². The molecule has 0 bridgehead atoms. The van der Waals surface area contributed by atoms with Crippen molar-refractivity contribution in [1.29, 1.82) is 0 Å². The number of rotatable bonds is 1. The molecule has 0 aliphatic heterocycles. The second-order valence-electron chi connectivity index (χ2n) is 3.13. The number of nitrogens with one attached hydrogen (secondary N) is 1. The predicted molar refractivity (Wildman–Crippen MR) is 42.0 cm³/mol. The fourth-order valence-electron chi connectivity index (χ4n) is 1.61. The highest BCUT2D eigenvalue weighted by Gasteiger charge is 2.24. The summed E-state index contributed by atoms with van der Waals surface area (Å²) in [5.41, 5.74) is 0. The fourth-order valence-corrected chi connectivity index (χ4v) is 1.61. The molecule has 1 aliphatic carbocycles. The molecule has 2 atom stereocenters. The van der Waals surface area contributed by atoms with Crippen LogP contribution >= 0.6 is 0 Å². The fraction of sp³-hybridized carbons (Fsp3) is 0.875. The molecule has 3 heteroatoms. The Morgan fingerprint density at radius 2 is 2.27 bits per heavy atom. The Balaban J connectivity index is 2.39. The average Bonchev–Trinajstić information content (AvgIpc) is 2.03. The maximum atomic E-state index is 11.1. The quantitative estimate of drug-likeness (QED) is 0.574. The van der Waals surface area contributed by atoms with Crippen LogP contribution in [0.1, 0.15) is 25.7 Å². The van der Waals surface area contributed by atoms with E-state index in [2.05, 4.69) is 5.32 Å². The highest BCUT2D eigenvalue weighted by atomic mass is 16.3. The molecule has 0 spiro atoms. The van der Waals surface area contributed by atoms with Crippen molar-refractivity contribution < 1.29 is 9.90 Å². The van der Waals surface area contributed by atoms with Crippen molar-refractivity contribution in [1.82, 2.24) is 5.32 Å². The summed E-state index contributed by atoms with van der Waals surface area (Å²) in [5, 5.41) is 11.8. The maximum absolute atomic E-state index is 11.1. The van der Waals surface area contributed by atoms with E-state index in [4.69, 9.17) is 0 Å². The van der Waals surface area contributed by atoms with Crippen molar-refractivity contribution in [2.45, 2.75) is 31.8 Å². The Labute approximate surface area is 66.8 Å². The van der Waals surface area contributed by atoms with E-state index in [0.717, 1.165) is 19.3 Å². The molecule has 1 amide bonds. The molecule has 0 saturated heterocycles. The van der Waals surface area contributed by atoms with E-state index in [1.807, 2.05) is 0 Å². The molecule has 0 aromatic heterocycles. The molecular weight excluding hydrogens is 142 g/mol. The molecule has 11 heavy (non-hydrogen) atoms. The molecule has 1 rings (SSSR count). The van der Waals surface area contributed by atoms with E-state index >= 15 is 0 Å². The van der Waals surface area contributed by atoms with Crippen LogP contribution < -0.4 is 5.32 Å². The molecule has 1 saturated carbocycles. The van der Waals surface area contributed by atoms with Crippen molar-refractivity contribution >= 4 is 5.91 Å². The van der Waals surface area contributed by atoms with E-state index < -0.39 is 0 Å². The van der Waals surface area contributed by atoms with Crippen molar-refractivity contribution in [3.05, 3.63) is 0 Å². The van der Waals surface area contributed by atoms with Crippen LogP contribution in [-0.4, -0.2) is 24.2 Å². The van der Waals surface area contributed by atoms with Crippen LogP contribution in [0.2, 0.25) is 0 Å². The Kier molecular flexibility index (Phi) is 2.88. The second-order valence-corrected chi connectivity index (χ2v) is 3.13. The van der Waals surface area contributed by atoms with E-state index in [-0.39, 0.29) is 17.9 Å². The Morgan fingerprint density at radius 1 is 1.55 bits per heavy atom. The molecule has 0 aromatic rings. The first-order valence-corrected chi connectivity index (χ1v) is 4.13. The molecule has 64 valence electrons. The highest BCUT2D eigenvalue weighted by Crippen LogP contribution is 2.23. The summed E-state index contributed by atoms with van der Waals surface area (Å²) in [6, 6.07) is 0. The van der Waals surface area contributed by atoms with Gasteiger partial charge in [-0.3, -0.25) is 4.79 Å². The largest absolute Gasteiger partial charge is 0.393 e. The van der Waals surface area contributed by atoms with E-state index in [1.54, 1.807) is 7.05 Å². The van der Waals surface area contributed by atoms with Gasteiger partial charge in [0.15, 0.2) is 0 Å². The summed E-state index contributed by atoms with van der Waals surface area (Å²) >= 11 is 0. The molecule has 2 unspecified atom stereocenters. The van der Waals surface area contributed by atoms with E-state index in [0.29, 0.717) is 6.42 Å². The summed E-state index contributed by atoms with van der Waals surface area (Å²) < 4.78 is 0. The van der Waals surface area contributed by atoms with Gasteiger partial charge < -0.3 is 10.4 Å². The SMILES string of the molecule is CNC(=O)C1CCCC(O)C1. The zero-order valence-corrected chi connectivity index (χ0v) is 6.84. The molecule has 0 radical (unpaired) electrons. The minimum Gasteiger partial charge on any atom is -0.393 e. The van der Waals surface area contributed by atoms with Gasteiger partial charge in [-0.25, -0.2) is 0 Å². The van der Waals surface area contributed by atoms with Gasteiger partial charge in [-0.1, -0.05) is 6.42 Å².